The van der Waals surface area contributed by atoms with Crippen molar-refractivity contribution in [2.45, 2.75) is 12.8 Å². The second-order valence-electron chi connectivity index (χ2n) is 6.37. The SMILES string of the molecule is O=C(Cc1ccsc1)NNC(=S)NC(=O)c1ccc(OCCc2ccccc2)cc1. The lowest BCUT2D eigenvalue weighted by atomic mass is 10.2. The van der Waals surface area contributed by atoms with Gasteiger partial charge in [-0.05, 0) is 64.4 Å². The van der Waals surface area contributed by atoms with Gasteiger partial charge in [-0.25, -0.2) is 0 Å². The van der Waals surface area contributed by atoms with Gasteiger partial charge in [-0.15, -0.1) is 0 Å². The van der Waals surface area contributed by atoms with Crippen molar-refractivity contribution in [1.29, 1.82) is 0 Å². The zero-order chi connectivity index (χ0) is 21.2. The highest BCUT2D eigenvalue weighted by atomic mass is 32.1. The van der Waals surface area contributed by atoms with Gasteiger partial charge in [-0.2, -0.15) is 11.3 Å². The van der Waals surface area contributed by atoms with Gasteiger partial charge in [0.05, 0.1) is 13.0 Å². The number of ether oxygens (including phenoxy) is 1. The third kappa shape index (κ3) is 6.98. The number of nitrogens with one attached hydrogen (secondary N) is 3. The fourth-order valence-electron chi connectivity index (χ4n) is 2.59. The molecular weight excluding hydrogens is 418 g/mol. The molecule has 0 unspecified atom stereocenters. The van der Waals surface area contributed by atoms with Crippen LogP contribution in [0.15, 0.2) is 71.4 Å². The van der Waals surface area contributed by atoms with E-state index in [-0.39, 0.29) is 23.3 Å². The molecule has 154 valence electrons. The molecule has 6 nitrogen and oxygen atoms in total. The van der Waals surface area contributed by atoms with Crippen LogP contribution in [0.3, 0.4) is 0 Å². The molecule has 0 atom stereocenters. The van der Waals surface area contributed by atoms with Crippen molar-refractivity contribution in [3.8, 4) is 5.75 Å². The van der Waals surface area contributed by atoms with Gasteiger partial charge in [0.15, 0.2) is 5.11 Å². The molecule has 0 saturated carbocycles. The number of benzene rings is 2. The maximum Gasteiger partial charge on any atom is 0.257 e. The summed E-state index contributed by atoms with van der Waals surface area (Å²) in [6.45, 7) is 0.550. The first-order valence-corrected chi connectivity index (χ1v) is 10.6. The summed E-state index contributed by atoms with van der Waals surface area (Å²) in [7, 11) is 0. The zero-order valence-corrected chi connectivity index (χ0v) is 17.7. The minimum Gasteiger partial charge on any atom is -0.493 e. The predicted octanol–water partition coefficient (Wildman–Crippen LogP) is 3.25. The molecule has 3 N–H and O–H groups in total. The second kappa shape index (κ2) is 11.1. The molecule has 1 heterocycles. The number of carbonyl (C=O) groups excluding carboxylic acids is 2. The standard InChI is InChI=1S/C22H21N3O3S2/c26-20(14-17-11-13-30-15-17)24-25-22(29)23-21(27)18-6-8-19(9-7-18)28-12-10-16-4-2-1-3-5-16/h1-9,11,13,15H,10,12,14H2,(H,24,26)(H2,23,25,27,29). The molecule has 2 amide bonds. The third-order valence-electron chi connectivity index (χ3n) is 4.11. The van der Waals surface area contributed by atoms with E-state index in [1.165, 1.54) is 16.9 Å². The van der Waals surface area contributed by atoms with Gasteiger partial charge in [-0.3, -0.25) is 25.8 Å². The van der Waals surface area contributed by atoms with Gasteiger partial charge >= 0.3 is 0 Å². The lowest BCUT2D eigenvalue weighted by molar-refractivity contribution is -0.121. The zero-order valence-electron chi connectivity index (χ0n) is 16.1. The maximum atomic E-state index is 12.3. The Morgan fingerprint density at radius 2 is 1.70 bits per heavy atom. The average molecular weight is 440 g/mol. The van der Waals surface area contributed by atoms with E-state index >= 15 is 0 Å². The van der Waals surface area contributed by atoms with Crippen molar-refractivity contribution in [3.63, 3.8) is 0 Å². The van der Waals surface area contributed by atoms with Crippen molar-refractivity contribution in [2.75, 3.05) is 6.61 Å². The summed E-state index contributed by atoms with van der Waals surface area (Å²) in [5.41, 5.74) is 7.54. The fraction of sp³-hybridized carbons (Fsp3) is 0.136. The Bertz CT molecular complexity index is 975. The molecule has 0 aliphatic rings. The van der Waals surface area contributed by atoms with Crippen molar-refractivity contribution < 1.29 is 14.3 Å². The number of hydrogen-bond donors (Lipinski definition) is 3. The summed E-state index contributed by atoms with van der Waals surface area (Å²) >= 11 is 6.57. The lowest BCUT2D eigenvalue weighted by Gasteiger charge is -2.11. The van der Waals surface area contributed by atoms with Crippen molar-refractivity contribution in [1.82, 2.24) is 16.2 Å². The van der Waals surface area contributed by atoms with Crippen LogP contribution in [-0.4, -0.2) is 23.5 Å². The van der Waals surface area contributed by atoms with Gasteiger partial charge in [0.1, 0.15) is 5.75 Å². The monoisotopic (exact) mass is 439 g/mol. The highest BCUT2D eigenvalue weighted by molar-refractivity contribution is 7.80. The van der Waals surface area contributed by atoms with Crippen molar-refractivity contribution >= 4 is 40.5 Å². The lowest BCUT2D eigenvalue weighted by Crippen LogP contribution is -2.48. The normalized spacial score (nSPS) is 10.1. The Hall–Kier alpha value is -3.23. The molecule has 0 aliphatic carbocycles. The molecule has 0 saturated heterocycles. The van der Waals surface area contributed by atoms with Gasteiger partial charge < -0.3 is 4.74 Å². The topological polar surface area (TPSA) is 79.5 Å². The number of rotatable bonds is 7. The molecule has 1 aromatic heterocycles. The Kier molecular flexibility index (Phi) is 7.94. The summed E-state index contributed by atoms with van der Waals surface area (Å²) < 4.78 is 5.72. The van der Waals surface area contributed by atoms with E-state index in [4.69, 9.17) is 17.0 Å². The van der Waals surface area contributed by atoms with Crippen LogP contribution in [0.5, 0.6) is 5.75 Å². The van der Waals surface area contributed by atoms with Crippen LogP contribution in [0, 0.1) is 0 Å². The number of thiocarbonyl (C=S) groups is 1. The quantitative estimate of drug-likeness (QED) is 0.389. The first-order chi connectivity index (χ1) is 14.6. The average Bonchev–Trinajstić information content (AvgIpc) is 3.26. The van der Waals surface area contributed by atoms with Crippen molar-refractivity contribution in [3.05, 3.63) is 88.1 Å². The van der Waals surface area contributed by atoms with Gasteiger partial charge in [0, 0.05) is 12.0 Å². The minimum absolute atomic E-state index is 0.0156. The number of hydrogen-bond acceptors (Lipinski definition) is 5. The molecule has 0 radical (unpaired) electrons. The molecule has 2 aromatic carbocycles. The predicted molar refractivity (Wildman–Crippen MR) is 121 cm³/mol. The summed E-state index contributed by atoms with van der Waals surface area (Å²) in [6, 6.07) is 18.7. The van der Waals surface area contributed by atoms with E-state index in [0.717, 1.165) is 12.0 Å². The largest absolute Gasteiger partial charge is 0.493 e. The van der Waals surface area contributed by atoms with Gasteiger partial charge in [-0.1, -0.05) is 30.3 Å². The second-order valence-corrected chi connectivity index (χ2v) is 7.56. The van der Waals surface area contributed by atoms with Gasteiger partial charge in [0.25, 0.3) is 5.91 Å². The van der Waals surface area contributed by atoms with Crippen LogP contribution in [0.2, 0.25) is 0 Å². The molecule has 0 aliphatic heterocycles. The Morgan fingerprint density at radius 1 is 0.933 bits per heavy atom. The first-order valence-electron chi connectivity index (χ1n) is 9.28. The molecule has 0 spiro atoms. The van der Waals surface area contributed by atoms with E-state index in [1.807, 2.05) is 35.0 Å². The number of thiophene rings is 1. The van der Waals surface area contributed by atoms with E-state index < -0.39 is 0 Å². The minimum atomic E-state index is -0.379. The van der Waals surface area contributed by atoms with Crippen LogP contribution in [0.25, 0.3) is 0 Å². The van der Waals surface area contributed by atoms with Crippen LogP contribution in [-0.2, 0) is 17.6 Å². The van der Waals surface area contributed by atoms with Crippen LogP contribution in [0.4, 0.5) is 0 Å². The molecule has 8 heteroatoms. The Balaban J connectivity index is 1.39. The number of carbonyl (C=O) groups is 2. The Labute approximate surface area is 184 Å². The summed E-state index contributed by atoms with van der Waals surface area (Å²) in [4.78, 5) is 24.1. The van der Waals surface area contributed by atoms with Crippen LogP contribution >= 0.6 is 23.6 Å². The maximum absolute atomic E-state index is 12.3. The molecular formula is C22H21N3O3S2. The van der Waals surface area contributed by atoms with Crippen LogP contribution in [0.1, 0.15) is 21.5 Å². The van der Waals surface area contributed by atoms with E-state index in [9.17, 15) is 9.59 Å². The number of hydrazine groups is 1. The molecule has 3 rings (SSSR count). The summed E-state index contributed by atoms with van der Waals surface area (Å²) in [6.07, 6.45) is 1.04. The van der Waals surface area contributed by atoms with Crippen molar-refractivity contribution in [2.24, 2.45) is 0 Å². The molecule has 3 aromatic rings. The number of amides is 2. The fourth-order valence-corrected chi connectivity index (χ4v) is 3.40. The molecule has 0 fully saturated rings. The summed E-state index contributed by atoms with van der Waals surface area (Å²) in [5, 5.41) is 6.34. The Morgan fingerprint density at radius 3 is 2.40 bits per heavy atom. The smallest absolute Gasteiger partial charge is 0.257 e. The first kappa shape index (κ1) is 21.5. The van der Waals surface area contributed by atoms with Gasteiger partial charge in [0.2, 0.25) is 5.91 Å². The highest BCUT2D eigenvalue weighted by Crippen LogP contribution is 2.13. The third-order valence-corrected chi connectivity index (χ3v) is 5.04. The molecule has 30 heavy (non-hydrogen) atoms. The molecule has 0 bridgehead atoms. The van der Waals surface area contributed by atoms with E-state index in [1.54, 1.807) is 24.3 Å². The van der Waals surface area contributed by atoms with Crippen LogP contribution < -0.4 is 20.9 Å². The van der Waals surface area contributed by atoms with E-state index in [0.29, 0.717) is 17.9 Å². The summed E-state index contributed by atoms with van der Waals surface area (Å²) in [5.74, 6) is 0.0568. The van der Waals surface area contributed by atoms with E-state index in [2.05, 4.69) is 28.3 Å². The highest BCUT2D eigenvalue weighted by Gasteiger charge is 2.09.